The summed E-state index contributed by atoms with van der Waals surface area (Å²) in [4.78, 5) is 11.5. The van der Waals surface area contributed by atoms with Gasteiger partial charge in [0.15, 0.2) is 0 Å². The Balaban J connectivity index is 3.94. The van der Waals surface area contributed by atoms with Crippen molar-refractivity contribution < 1.29 is 14.3 Å². The molecule has 0 radical (unpaired) electrons. The van der Waals surface area contributed by atoms with Crippen molar-refractivity contribution in [3.8, 4) is 0 Å². The molecule has 1 N–H and O–H groups in total. The van der Waals surface area contributed by atoms with Gasteiger partial charge in [0.25, 0.3) is 0 Å². The van der Waals surface area contributed by atoms with Gasteiger partial charge in [0.1, 0.15) is 6.04 Å². The van der Waals surface area contributed by atoms with Crippen LogP contribution in [0.2, 0.25) is 0 Å². The van der Waals surface area contributed by atoms with Crippen LogP contribution in [0, 0.1) is 5.92 Å². The van der Waals surface area contributed by atoms with Crippen molar-refractivity contribution in [2.75, 3.05) is 20.3 Å². The number of hydrogen-bond donors (Lipinski definition) is 1. The van der Waals surface area contributed by atoms with E-state index >= 15 is 0 Å². The first kappa shape index (κ1) is 16.4. The van der Waals surface area contributed by atoms with Crippen LogP contribution in [0.25, 0.3) is 0 Å². The molecule has 0 saturated heterocycles. The third kappa shape index (κ3) is 7.34. The van der Waals surface area contributed by atoms with Crippen molar-refractivity contribution >= 4 is 5.97 Å². The highest BCUT2D eigenvalue weighted by Gasteiger charge is 2.18. The minimum Gasteiger partial charge on any atom is -0.468 e. The minimum absolute atomic E-state index is 0.209. The van der Waals surface area contributed by atoms with E-state index in [9.17, 15) is 4.79 Å². The molecule has 0 amide bonds. The predicted octanol–water partition coefficient (Wildman–Crippen LogP) is 1.98. The lowest BCUT2D eigenvalue weighted by atomic mass is 10.1. The van der Waals surface area contributed by atoms with E-state index in [-0.39, 0.29) is 18.1 Å². The molecule has 0 aliphatic heterocycles. The fraction of sp³-hybridized carbons (Fsp3) is 0.923. The van der Waals surface area contributed by atoms with Gasteiger partial charge in [-0.2, -0.15) is 0 Å². The number of ether oxygens (including phenoxy) is 2. The molecule has 4 nitrogen and oxygen atoms in total. The molecule has 0 heterocycles. The monoisotopic (exact) mass is 245 g/mol. The molecule has 0 spiro atoms. The van der Waals surface area contributed by atoms with Gasteiger partial charge in [0.05, 0.1) is 13.2 Å². The van der Waals surface area contributed by atoms with Crippen LogP contribution in [0.4, 0.5) is 0 Å². The molecular formula is C13H27NO3. The Kier molecular flexibility index (Phi) is 9.09. The van der Waals surface area contributed by atoms with Crippen molar-refractivity contribution in [1.82, 2.24) is 5.32 Å². The van der Waals surface area contributed by atoms with E-state index in [4.69, 9.17) is 9.47 Å². The first-order chi connectivity index (χ1) is 8.02. The SMILES string of the molecule is CCCNC(CCOC(C)C(C)C)C(=O)OC. The van der Waals surface area contributed by atoms with Gasteiger partial charge in [-0.05, 0) is 32.2 Å². The molecule has 2 atom stereocenters. The molecule has 0 aliphatic carbocycles. The normalized spacial score (nSPS) is 14.7. The van der Waals surface area contributed by atoms with Gasteiger partial charge in [-0.3, -0.25) is 4.79 Å². The second-order valence-corrected chi connectivity index (χ2v) is 4.64. The summed E-state index contributed by atoms with van der Waals surface area (Å²) < 4.78 is 10.4. The molecule has 0 aliphatic rings. The summed E-state index contributed by atoms with van der Waals surface area (Å²) in [5.74, 6) is 0.287. The summed E-state index contributed by atoms with van der Waals surface area (Å²) in [5, 5.41) is 3.17. The van der Waals surface area contributed by atoms with Crippen molar-refractivity contribution in [2.24, 2.45) is 5.92 Å². The molecule has 17 heavy (non-hydrogen) atoms. The fourth-order valence-corrected chi connectivity index (χ4v) is 1.33. The van der Waals surface area contributed by atoms with Gasteiger partial charge in [-0.15, -0.1) is 0 Å². The number of hydrogen-bond acceptors (Lipinski definition) is 4. The van der Waals surface area contributed by atoms with E-state index in [0.29, 0.717) is 18.9 Å². The van der Waals surface area contributed by atoms with E-state index in [0.717, 1.165) is 13.0 Å². The lowest BCUT2D eigenvalue weighted by Crippen LogP contribution is -2.39. The highest BCUT2D eigenvalue weighted by Crippen LogP contribution is 2.06. The predicted molar refractivity (Wildman–Crippen MR) is 69.0 cm³/mol. The lowest BCUT2D eigenvalue weighted by Gasteiger charge is -2.20. The second kappa shape index (κ2) is 9.42. The van der Waals surface area contributed by atoms with Crippen molar-refractivity contribution in [3.05, 3.63) is 0 Å². The van der Waals surface area contributed by atoms with Crippen LogP contribution >= 0.6 is 0 Å². The fourth-order valence-electron chi connectivity index (χ4n) is 1.33. The highest BCUT2D eigenvalue weighted by atomic mass is 16.5. The number of methoxy groups -OCH3 is 1. The maximum Gasteiger partial charge on any atom is 0.322 e. The van der Waals surface area contributed by atoms with Gasteiger partial charge < -0.3 is 14.8 Å². The molecule has 0 saturated carbocycles. The van der Waals surface area contributed by atoms with Gasteiger partial charge >= 0.3 is 5.97 Å². The van der Waals surface area contributed by atoms with Crippen molar-refractivity contribution in [1.29, 1.82) is 0 Å². The standard InChI is InChI=1S/C13H27NO3/c1-6-8-14-12(13(15)16-5)7-9-17-11(4)10(2)3/h10-12,14H,6-9H2,1-5H3. The van der Waals surface area contributed by atoms with Gasteiger partial charge in [0.2, 0.25) is 0 Å². The lowest BCUT2D eigenvalue weighted by molar-refractivity contribution is -0.143. The number of carbonyl (C=O) groups is 1. The Morgan fingerprint density at radius 3 is 2.41 bits per heavy atom. The topological polar surface area (TPSA) is 47.6 Å². The third-order valence-electron chi connectivity index (χ3n) is 2.85. The van der Waals surface area contributed by atoms with Crippen LogP contribution in [0.3, 0.4) is 0 Å². The Morgan fingerprint density at radius 1 is 1.29 bits per heavy atom. The molecule has 0 bridgehead atoms. The quantitative estimate of drug-likeness (QED) is 0.631. The number of rotatable bonds is 9. The van der Waals surface area contributed by atoms with Crippen molar-refractivity contribution in [3.63, 3.8) is 0 Å². The zero-order valence-corrected chi connectivity index (χ0v) is 11.8. The van der Waals surface area contributed by atoms with Crippen LogP contribution in [-0.4, -0.2) is 38.4 Å². The van der Waals surface area contributed by atoms with Crippen LogP contribution in [0.1, 0.15) is 40.5 Å². The zero-order chi connectivity index (χ0) is 13.3. The first-order valence-electron chi connectivity index (χ1n) is 6.45. The summed E-state index contributed by atoms with van der Waals surface area (Å²) in [6.45, 7) is 9.76. The number of nitrogens with one attached hydrogen (secondary N) is 1. The van der Waals surface area contributed by atoms with E-state index in [1.54, 1.807) is 0 Å². The Hall–Kier alpha value is -0.610. The van der Waals surface area contributed by atoms with Crippen molar-refractivity contribution in [2.45, 2.75) is 52.7 Å². The maximum atomic E-state index is 11.5. The summed E-state index contributed by atoms with van der Waals surface area (Å²) in [5.41, 5.74) is 0. The molecule has 2 unspecified atom stereocenters. The van der Waals surface area contributed by atoms with E-state index in [1.807, 2.05) is 0 Å². The third-order valence-corrected chi connectivity index (χ3v) is 2.85. The van der Waals surface area contributed by atoms with E-state index in [1.165, 1.54) is 7.11 Å². The molecule has 0 aromatic carbocycles. The number of carbonyl (C=O) groups excluding carboxylic acids is 1. The summed E-state index contributed by atoms with van der Waals surface area (Å²) >= 11 is 0. The van der Waals surface area contributed by atoms with E-state index < -0.39 is 0 Å². The summed E-state index contributed by atoms with van der Waals surface area (Å²) in [7, 11) is 1.42. The van der Waals surface area contributed by atoms with Gasteiger partial charge in [-0.25, -0.2) is 0 Å². The second-order valence-electron chi connectivity index (χ2n) is 4.64. The van der Waals surface area contributed by atoms with Crippen LogP contribution < -0.4 is 5.32 Å². The van der Waals surface area contributed by atoms with Crippen LogP contribution in [0.15, 0.2) is 0 Å². The van der Waals surface area contributed by atoms with E-state index in [2.05, 4.69) is 33.0 Å². The molecule has 0 fully saturated rings. The molecule has 102 valence electrons. The average molecular weight is 245 g/mol. The molecule has 0 aromatic rings. The Bertz CT molecular complexity index is 207. The van der Waals surface area contributed by atoms with Crippen LogP contribution in [-0.2, 0) is 14.3 Å². The van der Waals surface area contributed by atoms with Gasteiger partial charge in [0, 0.05) is 6.61 Å². The number of esters is 1. The largest absolute Gasteiger partial charge is 0.468 e. The average Bonchev–Trinajstić information content (AvgIpc) is 2.31. The minimum atomic E-state index is -0.251. The summed E-state index contributed by atoms with van der Waals surface area (Å²) in [6.07, 6.45) is 1.87. The smallest absolute Gasteiger partial charge is 0.322 e. The van der Waals surface area contributed by atoms with Gasteiger partial charge in [-0.1, -0.05) is 20.8 Å². The Morgan fingerprint density at radius 2 is 1.94 bits per heavy atom. The molecule has 4 heteroatoms. The molecular weight excluding hydrogens is 218 g/mol. The Labute approximate surface area is 105 Å². The molecule has 0 aromatic heterocycles. The van der Waals surface area contributed by atoms with Crippen LogP contribution in [0.5, 0.6) is 0 Å². The first-order valence-corrected chi connectivity index (χ1v) is 6.45. The highest BCUT2D eigenvalue weighted by molar-refractivity contribution is 5.75. The zero-order valence-electron chi connectivity index (χ0n) is 11.8. The maximum absolute atomic E-state index is 11.5. The molecule has 0 rings (SSSR count). The summed E-state index contributed by atoms with van der Waals surface area (Å²) in [6, 6.07) is -0.251.